The van der Waals surface area contributed by atoms with Crippen molar-refractivity contribution in [1.29, 1.82) is 0 Å². The van der Waals surface area contributed by atoms with E-state index >= 15 is 0 Å². The van der Waals surface area contributed by atoms with Gasteiger partial charge in [-0.1, -0.05) is 36.4 Å². The van der Waals surface area contributed by atoms with Crippen LogP contribution in [0.15, 0.2) is 54.6 Å². The minimum atomic E-state index is -0.124. The summed E-state index contributed by atoms with van der Waals surface area (Å²) in [5, 5.41) is 2.86. The van der Waals surface area contributed by atoms with Crippen molar-refractivity contribution in [3.05, 3.63) is 65.7 Å². The lowest BCUT2D eigenvalue weighted by molar-refractivity contribution is -0.116. The molecule has 2 aromatic carbocycles. The number of hydrogen-bond acceptors (Lipinski definition) is 3. The first-order chi connectivity index (χ1) is 11.3. The number of fused-ring (bicyclic) bond motifs is 1. The molecular formula is C19H19NO3. The quantitative estimate of drug-likeness (QED) is 0.882. The Hall–Kier alpha value is -2.75. The summed E-state index contributed by atoms with van der Waals surface area (Å²) in [6, 6.07) is 15.5. The van der Waals surface area contributed by atoms with E-state index in [1.165, 1.54) is 6.08 Å². The summed E-state index contributed by atoms with van der Waals surface area (Å²) in [7, 11) is 0. The number of nitrogens with one attached hydrogen (secondary N) is 1. The highest BCUT2D eigenvalue weighted by molar-refractivity contribution is 5.91. The largest absolute Gasteiger partial charge is 0.490 e. The van der Waals surface area contributed by atoms with Gasteiger partial charge in [-0.3, -0.25) is 4.79 Å². The van der Waals surface area contributed by atoms with E-state index in [0.717, 1.165) is 29.0 Å². The van der Waals surface area contributed by atoms with Crippen LogP contribution in [0.25, 0.3) is 6.08 Å². The van der Waals surface area contributed by atoms with Crippen LogP contribution in [0.4, 0.5) is 0 Å². The molecule has 0 spiro atoms. The Kier molecular flexibility index (Phi) is 4.94. The molecule has 0 atom stereocenters. The predicted molar refractivity (Wildman–Crippen MR) is 89.4 cm³/mol. The molecule has 118 valence electrons. The standard InChI is InChI=1S/C19H19NO3/c21-19(20-14-16-5-2-1-3-6-16)10-8-15-7-9-17-18(13-15)23-12-4-11-22-17/h1-3,5-10,13H,4,11-12,14H2,(H,20,21)/b10-8+. The molecule has 0 saturated carbocycles. The van der Waals surface area contributed by atoms with Gasteiger partial charge in [0.05, 0.1) is 13.2 Å². The van der Waals surface area contributed by atoms with Crippen molar-refractivity contribution in [2.24, 2.45) is 0 Å². The van der Waals surface area contributed by atoms with Crippen LogP contribution in [-0.4, -0.2) is 19.1 Å². The first-order valence-electron chi connectivity index (χ1n) is 7.71. The fraction of sp³-hybridized carbons (Fsp3) is 0.211. The minimum Gasteiger partial charge on any atom is -0.490 e. The van der Waals surface area contributed by atoms with E-state index in [9.17, 15) is 4.79 Å². The Morgan fingerprint density at radius 1 is 1.04 bits per heavy atom. The van der Waals surface area contributed by atoms with Gasteiger partial charge in [0, 0.05) is 19.0 Å². The maximum atomic E-state index is 11.9. The van der Waals surface area contributed by atoms with Crippen molar-refractivity contribution in [3.8, 4) is 11.5 Å². The molecule has 0 fully saturated rings. The molecule has 3 rings (SSSR count). The van der Waals surface area contributed by atoms with Gasteiger partial charge in [-0.05, 0) is 29.3 Å². The molecule has 0 aromatic heterocycles. The molecule has 0 bridgehead atoms. The average molecular weight is 309 g/mol. The molecule has 23 heavy (non-hydrogen) atoms. The van der Waals surface area contributed by atoms with Crippen molar-refractivity contribution in [2.45, 2.75) is 13.0 Å². The second-order valence-corrected chi connectivity index (χ2v) is 5.29. The Bertz CT molecular complexity index is 695. The third kappa shape index (κ3) is 4.36. The van der Waals surface area contributed by atoms with Gasteiger partial charge in [0.1, 0.15) is 0 Å². The molecular weight excluding hydrogens is 290 g/mol. The van der Waals surface area contributed by atoms with Gasteiger partial charge >= 0.3 is 0 Å². The molecule has 0 unspecified atom stereocenters. The summed E-state index contributed by atoms with van der Waals surface area (Å²) in [6.07, 6.45) is 4.18. The summed E-state index contributed by atoms with van der Waals surface area (Å²) >= 11 is 0. The molecule has 0 aliphatic carbocycles. The van der Waals surface area contributed by atoms with Gasteiger partial charge < -0.3 is 14.8 Å². The number of ether oxygens (including phenoxy) is 2. The van der Waals surface area contributed by atoms with Gasteiger partial charge in [-0.25, -0.2) is 0 Å². The lowest BCUT2D eigenvalue weighted by Gasteiger charge is -2.07. The van der Waals surface area contributed by atoms with E-state index in [0.29, 0.717) is 19.8 Å². The second kappa shape index (κ2) is 7.49. The predicted octanol–water partition coefficient (Wildman–Crippen LogP) is 3.18. The zero-order chi connectivity index (χ0) is 15.9. The molecule has 4 heteroatoms. The van der Waals surface area contributed by atoms with Crippen molar-refractivity contribution in [1.82, 2.24) is 5.32 Å². The van der Waals surface area contributed by atoms with Crippen LogP contribution in [0.5, 0.6) is 11.5 Å². The van der Waals surface area contributed by atoms with Gasteiger partial charge in [-0.15, -0.1) is 0 Å². The lowest BCUT2D eigenvalue weighted by Crippen LogP contribution is -2.20. The van der Waals surface area contributed by atoms with Gasteiger partial charge in [-0.2, -0.15) is 0 Å². The van der Waals surface area contributed by atoms with Crippen LogP contribution < -0.4 is 14.8 Å². The number of rotatable bonds is 4. The normalized spacial score (nSPS) is 13.6. The van der Waals surface area contributed by atoms with Crippen LogP contribution in [0.3, 0.4) is 0 Å². The summed E-state index contributed by atoms with van der Waals surface area (Å²) < 4.78 is 11.2. The van der Waals surface area contributed by atoms with Crippen LogP contribution in [0.1, 0.15) is 17.5 Å². The fourth-order valence-corrected chi connectivity index (χ4v) is 2.30. The maximum Gasteiger partial charge on any atom is 0.244 e. The minimum absolute atomic E-state index is 0.124. The highest BCUT2D eigenvalue weighted by Gasteiger charge is 2.09. The van der Waals surface area contributed by atoms with Crippen molar-refractivity contribution >= 4 is 12.0 Å². The van der Waals surface area contributed by atoms with E-state index in [2.05, 4.69) is 5.32 Å². The van der Waals surface area contributed by atoms with E-state index in [1.54, 1.807) is 6.08 Å². The van der Waals surface area contributed by atoms with E-state index in [-0.39, 0.29) is 5.91 Å². The number of benzene rings is 2. The highest BCUT2D eigenvalue weighted by atomic mass is 16.5. The number of carbonyl (C=O) groups excluding carboxylic acids is 1. The number of amides is 1. The van der Waals surface area contributed by atoms with Crippen LogP contribution in [0, 0.1) is 0 Å². The highest BCUT2D eigenvalue weighted by Crippen LogP contribution is 2.30. The average Bonchev–Trinajstić information content (AvgIpc) is 2.84. The molecule has 1 aliphatic heterocycles. The van der Waals surface area contributed by atoms with Crippen molar-refractivity contribution in [2.75, 3.05) is 13.2 Å². The fourth-order valence-electron chi connectivity index (χ4n) is 2.30. The van der Waals surface area contributed by atoms with E-state index < -0.39 is 0 Å². The molecule has 1 N–H and O–H groups in total. The van der Waals surface area contributed by atoms with Gasteiger partial charge in [0.15, 0.2) is 11.5 Å². The topological polar surface area (TPSA) is 47.6 Å². The van der Waals surface area contributed by atoms with Gasteiger partial charge in [0.2, 0.25) is 5.91 Å². The Morgan fingerprint density at radius 3 is 2.65 bits per heavy atom. The Balaban J connectivity index is 1.59. The first kappa shape index (κ1) is 15.2. The molecule has 1 heterocycles. The summed E-state index contributed by atoms with van der Waals surface area (Å²) in [5.74, 6) is 1.36. The molecule has 0 saturated heterocycles. The second-order valence-electron chi connectivity index (χ2n) is 5.29. The zero-order valence-corrected chi connectivity index (χ0v) is 12.8. The van der Waals surface area contributed by atoms with Gasteiger partial charge in [0.25, 0.3) is 0 Å². The number of carbonyl (C=O) groups is 1. The molecule has 2 aromatic rings. The third-order valence-corrected chi connectivity index (χ3v) is 3.51. The summed E-state index contributed by atoms with van der Waals surface area (Å²) in [5.41, 5.74) is 1.98. The Morgan fingerprint density at radius 2 is 1.83 bits per heavy atom. The third-order valence-electron chi connectivity index (χ3n) is 3.51. The molecule has 0 radical (unpaired) electrons. The monoisotopic (exact) mass is 309 g/mol. The molecule has 1 aliphatic rings. The zero-order valence-electron chi connectivity index (χ0n) is 12.8. The van der Waals surface area contributed by atoms with Crippen LogP contribution in [-0.2, 0) is 11.3 Å². The summed E-state index contributed by atoms with van der Waals surface area (Å²) in [6.45, 7) is 1.84. The summed E-state index contributed by atoms with van der Waals surface area (Å²) in [4.78, 5) is 11.9. The lowest BCUT2D eigenvalue weighted by atomic mass is 10.2. The first-order valence-corrected chi connectivity index (χ1v) is 7.71. The molecule has 4 nitrogen and oxygen atoms in total. The van der Waals surface area contributed by atoms with E-state index in [1.807, 2.05) is 48.5 Å². The Labute approximate surface area is 135 Å². The SMILES string of the molecule is O=C(/C=C/c1ccc2c(c1)OCCCO2)NCc1ccccc1. The molecule has 1 amide bonds. The van der Waals surface area contributed by atoms with E-state index in [4.69, 9.17) is 9.47 Å². The van der Waals surface area contributed by atoms with Crippen LogP contribution >= 0.6 is 0 Å². The maximum absolute atomic E-state index is 11.9. The van der Waals surface area contributed by atoms with Crippen molar-refractivity contribution in [3.63, 3.8) is 0 Å². The number of hydrogen-bond donors (Lipinski definition) is 1. The smallest absolute Gasteiger partial charge is 0.244 e. The van der Waals surface area contributed by atoms with Crippen molar-refractivity contribution < 1.29 is 14.3 Å². The van der Waals surface area contributed by atoms with Crippen LogP contribution in [0.2, 0.25) is 0 Å².